The first-order chi connectivity index (χ1) is 8.56. The van der Waals surface area contributed by atoms with E-state index in [4.69, 9.17) is 16.7 Å². The molecular formula is C12H9ClN2O3. The molecule has 2 rings (SSSR count). The number of carbonyl (C=O) groups is 1. The summed E-state index contributed by atoms with van der Waals surface area (Å²) in [6.07, 6.45) is 2.73. The summed E-state index contributed by atoms with van der Waals surface area (Å²) in [4.78, 5) is 25.9. The van der Waals surface area contributed by atoms with Gasteiger partial charge in [-0.05, 0) is 17.7 Å². The number of benzene rings is 1. The fourth-order valence-corrected chi connectivity index (χ4v) is 1.71. The number of nitrogens with zero attached hydrogens (tertiary/aromatic N) is 2. The van der Waals surface area contributed by atoms with Crippen molar-refractivity contribution in [2.45, 2.75) is 6.54 Å². The van der Waals surface area contributed by atoms with Gasteiger partial charge < -0.3 is 5.11 Å². The second-order valence-electron chi connectivity index (χ2n) is 3.69. The summed E-state index contributed by atoms with van der Waals surface area (Å²) in [5.41, 5.74) is 0.441. The van der Waals surface area contributed by atoms with E-state index in [0.717, 1.165) is 0 Å². The van der Waals surface area contributed by atoms with Crippen LogP contribution in [0.15, 0.2) is 41.5 Å². The van der Waals surface area contributed by atoms with E-state index in [1.165, 1.54) is 29.1 Å². The van der Waals surface area contributed by atoms with E-state index in [-0.39, 0.29) is 12.1 Å². The van der Waals surface area contributed by atoms with Crippen molar-refractivity contribution in [2.75, 3.05) is 0 Å². The van der Waals surface area contributed by atoms with Gasteiger partial charge in [0.25, 0.3) is 0 Å². The molecule has 0 aliphatic heterocycles. The van der Waals surface area contributed by atoms with Crippen LogP contribution < -0.4 is 5.69 Å². The second-order valence-corrected chi connectivity index (χ2v) is 4.12. The highest BCUT2D eigenvalue weighted by atomic mass is 35.5. The van der Waals surface area contributed by atoms with Crippen LogP contribution in [-0.4, -0.2) is 20.6 Å². The highest BCUT2D eigenvalue weighted by Crippen LogP contribution is 2.08. The molecule has 0 radical (unpaired) electrons. The molecule has 2 aromatic rings. The van der Waals surface area contributed by atoms with Crippen LogP contribution in [0.2, 0.25) is 5.02 Å². The van der Waals surface area contributed by atoms with Crippen molar-refractivity contribution in [1.29, 1.82) is 0 Å². The molecule has 0 atom stereocenters. The number of carboxylic acids is 1. The molecule has 0 saturated carbocycles. The van der Waals surface area contributed by atoms with Crippen molar-refractivity contribution in [3.8, 4) is 0 Å². The molecule has 0 aliphatic rings. The van der Waals surface area contributed by atoms with Gasteiger partial charge in [-0.1, -0.05) is 23.7 Å². The fourth-order valence-electron chi connectivity index (χ4n) is 1.54. The lowest BCUT2D eigenvalue weighted by atomic mass is 10.1. The highest BCUT2D eigenvalue weighted by Gasteiger charge is 2.05. The van der Waals surface area contributed by atoms with Gasteiger partial charge in [-0.15, -0.1) is 0 Å². The smallest absolute Gasteiger partial charge is 0.347 e. The van der Waals surface area contributed by atoms with E-state index in [1.807, 2.05) is 0 Å². The minimum Gasteiger partial charge on any atom is -0.478 e. The Bertz CT molecular complexity index is 652. The standard InChI is InChI=1S/C12H9ClN2O3/c13-10-5-14-12(18)15(7-10)6-8-2-1-3-9(4-8)11(16)17/h1-5,7H,6H2,(H,16,17). The topological polar surface area (TPSA) is 72.2 Å². The molecule has 0 fully saturated rings. The van der Waals surface area contributed by atoms with Crippen LogP contribution in [0.5, 0.6) is 0 Å². The number of hydrogen-bond donors (Lipinski definition) is 1. The van der Waals surface area contributed by atoms with Crippen LogP contribution in [0, 0.1) is 0 Å². The Balaban J connectivity index is 2.34. The maximum Gasteiger partial charge on any atom is 0.347 e. The molecule has 0 aliphatic carbocycles. The van der Waals surface area contributed by atoms with Gasteiger partial charge in [-0.25, -0.2) is 14.6 Å². The zero-order valence-corrected chi connectivity index (χ0v) is 9.96. The summed E-state index contributed by atoms with van der Waals surface area (Å²) in [5.74, 6) is -1.01. The van der Waals surface area contributed by atoms with Gasteiger partial charge >= 0.3 is 11.7 Å². The first kappa shape index (κ1) is 12.3. The molecule has 18 heavy (non-hydrogen) atoms. The number of carboxylic acid groups (broad SMARTS) is 1. The minimum absolute atomic E-state index is 0.176. The Kier molecular flexibility index (Phi) is 3.43. The quantitative estimate of drug-likeness (QED) is 0.915. The summed E-state index contributed by atoms with van der Waals surface area (Å²) in [6.45, 7) is 0.230. The van der Waals surface area contributed by atoms with E-state index < -0.39 is 11.7 Å². The van der Waals surface area contributed by atoms with Crippen LogP contribution in [0.25, 0.3) is 0 Å². The molecular weight excluding hydrogens is 256 g/mol. The molecule has 1 heterocycles. The van der Waals surface area contributed by atoms with Crippen molar-refractivity contribution in [1.82, 2.24) is 9.55 Å². The molecule has 1 aromatic heterocycles. The van der Waals surface area contributed by atoms with Gasteiger partial charge in [0.05, 0.1) is 23.3 Å². The molecule has 1 N–H and O–H groups in total. The summed E-state index contributed by atoms with van der Waals surface area (Å²) in [5, 5.41) is 9.22. The van der Waals surface area contributed by atoms with Crippen LogP contribution in [0.1, 0.15) is 15.9 Å². The Morgan fingerprint density at radius 2 is 2.22 bits per heavy atom. The predicted octanol–water partition coefficient (Wildman–Crippen LogP) is 1.64. The molecule has 92 valence electrons. The lowest BCUT2D eigenvalue weighted by Gasteiger charge is -2.06. The Labute approximate surface area is 107 Å². The first-order valence-electron chi connectivity index (χ1n) is 5.10. The van der Waals surface area contributed by atoms with Gasteiger partial charge in [0.1, 0.15) is 0 Å². The molecule has 0 spiro atoms. The van der Waals surface area contributed by atoms with E-state index in [2.05, 4.69) is 4.98 Å². The van der Waals surface area contributed by atoms with Crippen molar-refractivity contribution in [2.24, 2.45) is 0 Å². The third-order valence-corrected chi connectivity index (χ3v) is 2.55. The van der Waals surface area contributed by atoms with E-state index in [0.29, 0.717) is 10.6 Å². The number of hydrogen-bond acceptors (Lipinski definition) is 3. The SMILES string of the molecule is O=C(O)c1cccc(Cn2cc(Cl)cnc2=O)c1. The number of rotatable bonds is 3. The molecule has 0 bridgehead atoms. The second kappa shape index (κ2) is 5.01. The van der Waals surface area contributed by atoms with Crippen molar-refractivity contribution >= 4 is 17.6 Å². The van der Waals surface area contributed by atoms with Gasteiger partial charge in [0, 0.05) is 6.20 Å². The minimum atomic E-state index is -1.01. The highest BCUT2D eigenvalue weighted by molar-refractivity contribution is 6.30. The summed E-state index contributed by atoms with van der Waals surface area (Å²) in [6, 6.07) is 6.36. The predicted molar refractivity (Wildman–Crippen MR) is 66.0 cm³/mol. The average Bonchev–Trinajstić information content (AvgIpc) is 2.34. The molecule has 5 nitrogen and oxygen atoms in total. The van der Waals surface area contributed by atoms with Crippen LogP contribution >= 0.6 is 11.6 Å². The van der Waals surface area contributed by atoms with Gasteiger partial charge in [0.2, 0.25) is 0 Å². The normalized spacial score (nSPS) is 10.3. The van der Waals surface area contributed by atoms with Gasteiger partial charge in [-0.2, -0.15) is 0 Å². The zero-order valence-electron chi connectivity index (χ0n) is 9.21. The maximum absolute atomic E-state index is 11.5. The largest absolute Gasteiger partial charge is 0.478 e. The van der Waals surface area contributed by atoms with Crippen LogP contribution in [-0.2, 0) is 6.54 Å². The molecule has 6 heteroatoms. The lowest BCUT2D eigenvalue weighted by Crippen LogP contribution is -2.22. The summed E-state index contributed by atoms with van der Waals surface area (Å²) < 4.78 is 1.32. The molecule has 0 saturated heterocycles. The zero-order chi connectivity index (χ0) is 13.1. The van der Waals surface area contributed by atoms with Crippen molar-refractivity contribution < 1.29 is 9.90 Å². The van der Waals surface area contributed by atoms with E-state index >= 15 is 0 Å². The van der Waals surface area contributed by atoms with E-state index in [9.17, 15) is 9.59 Å². The van der Waals surface area contributed by atoms with Crippen molar-refractivity contribution in [3.05, 3.63) is 63.3 Å². The monoisotopic (exact) mass is 264 g/mol. The summed E-state index contributed by atoms with van der Waals surface area (Å²) >= 11 is 5.75. The number of aromatic nitrogens is 2. The average molecular weight is 265 g/mol. The third kappa shape index (κ3) is 2.75. The number of aromatic carboxylic acids is 1. The summed E-state index contributed by atoms with van der Waals surface area (Å²) in [7, 11) is 0. The maximum atomic E-state index is 11.5. The Morgan fingerprint density at radius 1 is 1.44 bits per heavy atom. The van der Waals surface area contributed by atoms with Crippen molar-refractivity contribution in [3.63, 3.8) is 0 Å². The first-order valence-corrected chi connectivity index (χ1v) is 5.48. The van der Waals surface area contributed by atoms with Crippen LogP contribution in [0.3, 0.4) is 0 Å². The molecule has 0 amide bonds. The van der Waals surface area contributed by atoms with E-state index in [1.54, 1.807) is 12.1 Å². The number of halogens is 1. The molecule has 0 unspecified atom stereocenters. The van der Waals surface area contributed by atoms with Crippen LogP contribution in [0.4, 0.5) is 0 Å². The molecule has 1 aromatic carbocycles. The van der Waals surface area contributed by atoms with Gasteiger partial charge in [-0.3, -0.25) is 4.57 Å². The Morgan fingerprint density at radius 3 is 2.94 bits per heavy atom. The Hall–Kier alpha value is -2.14. The lowest BCUT2D eigenvalue weighted by molar-refractivity contribution is 0.0696. The third-order valence-electron chi connectivity index (χ3n) is 2.35. The fraction of sp³-hybridized carbons (Fsp3) is 0.0833. The van der Waals surface area contributed by atoms with Gasteiger partial charge in [0.15, 0.2) is 0 Å².